The Morgan fingerprint density at radius 3 is 2.39 bits per heavy atom. The standard InChI is InChI=1S/C31H34FN5O6S/c32-23-5-1-4-21(18-23)29(40)33-24-19-22(30(41)34-25(20-28(38)39)27-6-2-17-44-27)7-8-26(24)35-9-3-10-36(12-11-35)31(42)37-13-15-43-16-14-37/h1-2,4-8,17-19,25H,3,9-16,20H2,(H,33,40)(H,34,41)(H,38,39). The zero-order chi connectivity index (χ0) is 31.1. The summed E-state index contributed by atoms with van der Waals surface area (Å²) in [5, 5.41) is 16.9. The van der Waals surface area contributed by atoms with Gasteiger partial charge in [-0.2, -0.15) is 0 Å². The van der Waals surface area contributed by atoms with E-state index in [0.717, 1.165) is 6.07 Å². The molecule has 0 saturated carbocycles. The Bertz CT molecular complexity index is 1500. The van der Waals surface area contributed by atoms with E-state index in [-0.39, 0.29) is 23.6 Å². The molecular formula is C31H34FN5O6S. The number of benzene rings is 2. The SMILES string of the molecule is O=C(O)CC(NC(=O)c1ccc(N2CCCN(C(=O)N3CCOCC3)CC2)c(NC(=O)c2cccc(F)c2)c1)c1cccs1. The van der Waals surface area contributed by atoms with Gasteiger partial charge in [-0.3, -0.25) is 14.4 Å². The highest BCUT2D eigenvalue weighted by Gasteiger charge is 2.27. The van der Waals surface area contributed by atoms with Gasteiger partial charge in [0.1, 0.15) is 5.82 Å². The lowest BCUT2D eigenvalue weighted by molar-refractivity contribution is -0.137. The highest BCUT2D eigenvalue weighted by Crippen LogP contribution is 2.30. The molecule has 232 valence electrons. The number of morpholine rings is 1. The molecule has 1 unspecified atom stereocenters. The maximum absolute atomic E-state index is 13.9. The van der Waals surface area contributed by atoms with Gasteiger partial charge in [0.25, 0.3) is 11.8 Å². The predicted octanol–water partition coefficient (Wildman–Crippen LogP) is 4.05. The lowest BCUT2D eigenvalue weighted by atomic mass is 10.1. The molecule has 1 aromatic heterocycles. The summed E-state index contributed by atoms with van der Waals surface area (Å²) in [5.74, 6) is -2.66. The highest BCUT2D eigenvalue weighted by molar-refractivity contribution is 7.10. The van der Waals surface area contributed by atoms with Crippen molar-refractivity contribution in [2.45, 2.75) is 18.9 Å². The number of anilines is 2. The topological polar surface area (TPSA) is 132 Å². The summed E-state index contributed by atoms with van der Waals surface area (Å²) in [4.78, 5) is 57.5. The molecule has 44 heavy (non-hydrogen) atoms. The van der Waals surface area contributed by atoms with Crippen molar-refractivity contribution in [3.63, 3.8) is 0 Å². The molecule has 0 spiro atoms. The summed E-state index contributed by atoms with van der Waals surface area (Å²) in [6.07, 6.45) is 0.397. The zero-order valence-corrected chi connectivity index (χ0v) is 24.9. The Balaban J connectivity index is 1.38. The smallest absolute Gasteiger partial charge is 0.320 e. The van der Waals surface area contributed by atoms with Gasteiger partial charge in [-0.15, -0.1) is 11.3 Å². The monoisotopic (exact) mass is 623 g/mol. The van der Waals surface area contributed by atoms with Gasteiger partial charge in [0, 0.05) is 55.3 Å². The molecule has 2 aliphatic heterocycles. The first-order chi connectivity index (χ1) is 21.3. The number of carboxylic acid groups (broad SMARTS) is 1. The van der Waals surface area contributed by atoms with Crippen LogP contribution in [-0.2, 0) is 9.53 Å². The molecule has 3 N–H and O–H groups in total. The molecular weight excluding hydrogens is 589 g/mol. The van der Waals surface area contributed by atoms with Crippen molar-refractivity contribution < 1.29 is 33.4 Å². The van der Waals surface area contributed by atoms with Crippen molar-refractivity contribution in [1.29, 1.82) is 0 Å². The van der Waals surface area contributed by atoms with Crippen molar-refractivity contribution in [3.8, 4) is 0 Å². The molecule has 5 rings (SSSR count). The maximum Gasteiger partial charge on any atom is 0.320 e. The number of carbonyl (C=O) groups is 4. The van der Waals surface area contributed by atoms with Gasteiger partial charge in [0.2, 0.25) is 0 Å². The van der Waals surface area contributed by atoms with Gasteiger partial charge < -0.3 is 35.2 Å². The van der Waals surface area contributed by atoms with Crippen molar-refractivity contribution in [3.05, 3.63) is 81.8 Å². The van der Waals surface area contributed by atoms with Crippen LogP contribution in [0.5, 0.6) is 0 Å². The zero-order valence-electron chi connectivity index (χ0n) is 24.0. The van der Waals surface area contributed by atoms with E-state index < -0.39 is 29.6 Å². The van der Waals surface area contributed by atoms with Gasteiger partial charge in [-0.1, -0.05) is 12.1 Å². The fraction of sp³-hybridized carbons (Fsp3) is 0.355. The van der Waals surface area contributed by atoms with Gasteiger partial charge in [-0.05, 0) is 54.3 Å². The lowest BCUT2D eigenvalue weighted by Gasteiger charge is -2.32. The summed E-state index contributed by atoms with van der Waals surface area (Å²) in [5.41, 5.74) is 1.32. The van der Waals surface area contributed by atoms with E-state index in [0.29, 0.717) is 75.2 Å². The number of halogens is 1. The average molecular weight is 624 g/mol. The van der Waals surface area contributed by atoms with E-state index in [2.05, 4.69) is 10.6 Å². The molecule has 3 heterocycles. The molecule has 4 amide bonds. The van der Waals surface area contributed by atoms with E-state index in [9.17, 15) is 28.7 Å². The van der Waals surface area contributed by atoms with E-state index in [4.69, 9.17) is 4.74 Å². The third kappa shape index (κ3) is 7.71. The highest BCUT2D eigenvalue weighted by atomic mass is 32.1. The molecule has 3 aromatic rings. The number of nitrogens with zero attached hydrogens (tertiary/aromatic N) is 3. The quantitative estimate of drug-likeness (QED) is 0.345. The van der Waals surface area contributed by atoms with E-state index >= 15 is 0 Å². The van der Waals surface area contributed by atoms with Crippen LogP contribution < -0.4 is 15.5 Å². The number of thiophene rings is 1. The van der Waals surface area contributed by atoms with Crippen LogP contribution in [0.4, 0.5) is 20.6 Å². The van der Waals surface area contributed by atoms with Gasteiger partial charge >= 0.3 is 12.0 Å². The van der Waals surface area contributed by atoms with Crippen molar-refractivity contribution in [2.24, 2.45) is 0 Å². The normalized spacial score (nSPS) is 16.2. The first kappa shape index (κ1) is 31.0. The third-order valence-corrected chi connectivity index (χ3v) is 8.54. The van der Waals surface area contributed by atoms with Crippen LogP contribution in [0, 0.1) is 5.82 Å². The van der Waals surface area contributed by atoms with Crippen LogP contribution in [0.2, 0.25) is 0 Å². The van der Waals surface area contributed by atoms with Gasteiger partial charge in [0.15, 0.2) is 0 Å². The summed E-state index contributed by atoms with van der Waals surface area (Å²) in [7, 11) is 0. The minimum Gasteiger partial charge on any atom is -0.481 e. The summed E-state index contributed by atoms with van der Waals surface area (Å²) < 4.78 is 19.3. The number of nitrogens with one attached hydrogen (secondary N) is 2. The Hall–Kier alpha value is -4.49. The molecule has 2 fully saturated rings. The largest absolute Gasteiger partial charge is 0.481 e. The van der Waals surface area contributed by atoms with Crippen LogP contribution >= 0.6 is 11.3 Å². The second kappa shape index (κ2) is 14.3. The summed E-state index contributed by atoms with van der Waals surface area (Å²) >= 11 is 1.35. The maximum atomic E-state index is 13.9. The Labute approximate surface area is 258 Å². The molecule has 2 saturated heterocycles. The average Bonchev–Trinajstić information content (AvgIpc) is 3.46. The van der Waals surface area contributed by atoms with Crippen molar-refractivity contribution in [2.75, 3.05) is 62.7 Å². The van der Waals surface area contributed by atoms with Crippen LogP contribution in [-0.4, -0.2) is 91.2 Å². The number of carbonyl (C=O) groups excluding carboxylic acids is 3. The van der Waals surface area contributed by atoms with E-state index in [1.807, 2.05) is 15.2 Å². The third-order valence-electron chi connectivity index (χ3n) is 7.55. The number of carboxylic acids is 1. The fourth-order valence-electron chi connectivity index (χ4n) is 5.31. The van der Waals surface area contributed by atoms with Crippen LogP contribution in [0.3, 0.4) is 0 Å². The molecule has 2 aliphatic rings. The fourth-order valence-corrected chi connectivity index (χ4v) is 6.09. The molecule has 2 aromatic carbocycles. The Morgan fingerprint density at radius 1 is 0.886 bits per heavy atom. The molecule has 0 radical (unpaired) electrons. The van der Waals surface area contributed by atoms with Crippen LogP contribution in [0.1, 0.15) is 44.5 Å². The number of aliphatic carboxylic acids is 1. The predicted molar refractivity (Wildman–Crippen MR) is 164 cm³/mol. The molecule has 1 atom stereocenters. The molecule has 0 aliphatic carbocycles. The van der Waals surface area contributed by atoms with Crippen molar-refractivity contribution >= 4 is 46.5 Å². The Morgan fingerprint density at radius 2 is 1.66 bits per heavy atom. The second-order valence-corrected chi connectivity index (χ2v) is 11.5. The first-order valence-electron chi connectivity index (χ1n) is 14.4. The first-order valence-corrected chi connectivity index (χ1v) is 15.3. The van der Waals surface area contributed by atoms with E-state index in [1.54, 1.807) is 29.2 Å². The second-order valence-electron chi connectivity index (χ2n) is 10.5. The summed E-state index contributed by atoms with van der Waals surface area (Å²) in [6, 6.07) is 13.0. The minimum absolute atomic E-state index is 0.0246. The number of urea groups is 1. The number of hydrogen-bond acceptors (Lipinski definition) is 7. The van der Waals surface area contributed by atoms with E-state index in [1.165, 1.54) is 35.6 Å². The summed E-state index contributed by atoms with van der Waals surface area (Å²) in [6.45, 7) is 4.27. The molecule has 0 bridgehead atoms. The number of amides is 4. The van der Waals surface area contributed by atoms with Crippen molar-refractivity contribution in [1.82, 2.24) is 15.1 Å². The minimum atomic E-state index is -1.05. The number of hydrogen-bond donors (Lipinski definition) is 3. The van der Waals surface area contributed by atoms with Gasteiger partial charge in [-0.25, -0.2) is 9.18 Å². The lowest BCUT2D eigenvalue weighted by Crippen LogP contribution is -2.49. The molecule has 11 nitrogen and oxygen atoms in total. The van der Waals surface area contributed by atoms with Crippen LogP contribution in [0.25, 0.3) is 0 Å². The van der Waals surface area contributed by atoms with Gasteiger partial charge in [0.05, 0.1) is 37.1 Å². The molecule has 13 heteroatoms. The number of rotatable bonds is 8. The number of ether oxygens (including phenoxy) is 1. The Kier molecular flexibility index (Phi) is 10.1. The van der Waals surface area contributed by atoms with Crippen LogP contribution in [0.15, 0.2) is 60.0 Å².